The highest BCUT2D eigenvalue weighted by molar-refractivity contribution is 5.94. The van der Waals surface area contributed by atoms with Crippen molar-refractivity contribution in [1.29, 1.82) is 0 Å². The second kappa shape index (κ2) is 9.83. The smallest absolute Gasteiger partial charge is 0.244 e. The predicted molar refractivity (Wildman–Crippen MR) is 148 cm³/mol. The fourth-order valence-electron chi connectivity index (χ4n) is 4.19. The van der Waals surface area contributed by atoms with Gasteiger partial charge < -0.3 is 0 Å². The van der Waals surface area contributed by atoms with Gasteiger partial charge in [-0.25, -0.2) is 20.1 Å². The van der Waals surface area contributed by atoms with E-state index in [1.54, 1.807) is 18.6 Å². The Kier molecular flexibility index (Phi) is 5.93. The Morgan fingerprint density at radius 1 is 0.811 bits per heavy atom. The van der Waals surface area contributed by atoms with Crippen molar-refractivity contribution in [2.45, 2.75) is 6.92 Å². The van der Waals surface area contributed by atoms with E-state index in [0.29, 0.717) is 5.95 Å². The minimum atomic E-state index is 0.421. The van der Waals surface area contributed by atoms with Gasteiger partial charge in [0.1, 0.15) is 5.69 Å². The van der Waals surface area contributed by atoms with E-state index >= 15 is 0 Å². The van der Waals surface area contributed by atoms with Crippen molar-refractivity contribution < 1.29 is 0 Å². The van der Waals surface area contributed by atoms with Gasteiger partial charge in [0.15, 0.2) is 0 Å². The van der Waals surface area contributed by atoms with Gasteiger partial charge in [-0.1, -0.05) is 60.2 Å². The molecule has 0 radical (unpaired) electrons. The molecule has 0 saturated carbocycles. The quantitative estimate of drug-likeness (QED) is 0.223. The van der Waals surface area contributed by atoms with Gasteiger partial charge in [-0.2, -0.15) is 10.2 Å². The van der Waals surface area contributed by atoms with Crippen LogP contribution in [0.2, 0.25) is 0 Å². The standard InChI is InChI=1S/C30H23N7/c1-21-14-15-27-26(17-21)29(22-9-4-2-5-10-22)34-30(33-27)35-32-19-24-20-37(25-12-6-3-7-13-25)36-28(24)23-11-8-16-31-18-23/h2-20H,1H3,(H,33,34,35)/b32-19+. The Morgan fingerprint density at radius 3 is 2.38 bits per heavy atom. The summed E-state index contributed by atoms with van der Waals surface area (Å²) >= 11 is 0. The van der Waals surface area contributed by atoms with Crippen LogP contribution < -0.4 is 5.43 Å². The molecule has 0 atom stereocenters. The first-order valence-electron chi connectivity index (χ1n) is 11.9. The van der Waals surface area contributed by atoms with Gasteiger partial charge in [0.25, 0.3) is 0 Å². The lowest BCUT2D eigenvalue weighted by Gasteiger charge is -2.09. The first-order valence-corrected chi connectivity index (χ1v) is 11.9. The number of nitrogens with one attached hydrogen (secondary N) is 1. The maximum atomic E-state index is 4.81. The van der Waals surface area contributed by atoms with Gasteiger partial charge in [0.05, 0.1) is 23.1 Å². The second-order valence-corrected chi connectivity index (χ2v) is 8.61. The Morgan fingerprint density at radius 2 is 1.59 bits per heavy atom. The third kappa shape index (κ3) is 4.70. The normalized spacial score (nSPS) is 11.3. The zero-order chi connectivity index (χ0) is 25.0. The minimum absolute atomic E-state index is 0.421. The van der Waals surface area contributed by atoms with E-state index in [1.165, 1.54) is 0 Å². The lowest BCUT2D eigenvalue weighted by molar-refractivity contribution is 0.884. The molecule has 6 rings (SSSR count). The number of anilines is 1. The number of fused-ring (bicyclic) bond motifs is 1. The van der Waals surface area contributed by atoms with Gasteiger partial charge in [-0.3, -0.25) is 4.98 Å². The molecule has 7 nitrogen and oxygen atoms in total. The molecule has 178 valence electrons. The van der Waals surface area contributed by atoms with Crippen LogP contribution in [0.25, 0.3) is 39.1 Å². The highest BCUT2D eigenvalue weighted by atomic mass is 15.3. The molecular formula is C30H23N7. The van der Waals surface area contributed by atoms with Crippen molar-refractivity contribution in [2.75, 3.05) is 5.43 Å². The number of hydrogen-bond donors (Lipinski definition) is 1. The number of pyridine rings is 1. The van der Waals surface area contributed by atoms with Crippen molar-refractivity contribution in [1.82, 2.24) is 24.7 Å². The molecule has 3 aromatic heterocycles. The van der Waals surface area contributed by atoms with Crippen molar-refractivity contribution in [3.8, 4) is 28.2 Å². The molecule has 3 aromatic carbocycles. The number of nitrogens with zero attached hydrogens (tertiary/aromatic N) is 6. The maximum absolute atomic E-state index is 4.81. The van der Waals surface area contributed by atoms with E-state index < -0.39 is 0 Å². The molecule has 0 aliphatic rings. The second-order valence-electron chi connectivity index (χ2n) is 8.61. The number of benzene rings is 3. The molecular weight excluding hydrogens is 458 g/mol. The SMILES string of the molecule is Cc1ccc2nc(N/N=C/c3cn(-c4ccccc4)nc3-c3cccnc3)nc(-c3ccccc3)c2c1. The zero-order valence-electron chi connectivity index (χ0n) is 20.2. The lowest BCUT2D eigenvalue weighted by Crippen LogP contribution is -2.00. The summed E-state index contributed by atoms with van der Waals surface area (Å²) in [7, 11) is 0. The molecule has 0 bridgehead atoms. The Hall–Kier alpha value is -5.17. The van der Waals surface area contributed by atoms with Crippen molar-refractivity contribution in [3.05, 3.63) is 121 Å². The average molecular weight is 482 g/mol. The summed E-state index contributed by atoms with van der Waals surface area (Å²) in [6, 6.07) is 30.1. The van der Waals surface area contributed by atoms with Crippen LogP contribution in [0.3, 0.4) is 0 Å². The van der Waals surface area contributed by atoms with Gasteiger partial charge in [0, 0.05) is 40.7 Å². The van der Waals surface area contributed by atoms with Gasteiger partial charge >= 0.3 is 0 Å². The van der Waals surface area contributed by atoms with Crippen LogP contribution in [-0.2, 0) is 0 Å². The van der Waals surface area contributed by atoms with Crippen molar-refractivity contribution in [3.63, 3.8) is 0 Å². The van der Waals surface area contributed by atoms with Gasteiger partial charge in [0.2, 0.25) is 5.95 Å². The van der Waals surface area contributed by atoms with Gasteiger partial charge in [-0.05, 0) is 43.3 Å². The van der Waals surface area contributed by atoms with Crippen molar-refractivity contribution in [2.24, 2.45) is 5.10 Å². The largest absolute Gasteiger partial charge is 0.264 e. The summed E-state index contributed by atoms with van der Waals surface area (Å²) in [6.45, 7) is 2.07. The van der Waals surface area contributed by atoms with Crippen LogP contribution >= 0.6 is 0 Å². The fourth-order valence-corrected chi connectivity index (χ4v) is 4.19. The van der Waals surface area contributed by atoms with E-state index in [-0.39, 0.29) is 0 Å². The number of hydrazone groups is 1. The molecule has 37 heavy (non-hydrogen) atoms. The molecule has 1 N–H and O–H groups in total. The van der Waals surface area contributed by atoms with Crippen LogP contribution in [0.5, 0.6) is 0 Å². The Bertz CT molecular complexity index is 1690. The molecule has 0 spiro atoms. The highest BCUT2D eigenvalue weighted by Crippen LogP contribution is 2.28. The third-order valence-corrected chi connectivity index (χ3v) is 5.96. The van der Waals surface area contributed by atoms with Crippen molar-refractivity contribution >= 4 is 23.1 Å². The van der Waals surface area contributed by atoms with Crippen LogP contribution in [0.1, 0.15) is 11.1 Å². The zero-order valence-corrected chi connectivity index (χ0v) is 20.2. The molecule has 3 heterocycles. The van der Waals surface area contributed by atoms with E-state index in [2.05, 4.69) is 46.7 Å². The topological polar surface area (TPSA) is 80.9 Å². The summed E-state index contributed by atoms with van der Waals surface area (Å²) < 4.78 is 1.84. The third-order valence-electron chi connectivity index (χ3n) is 5.96. The van der Waals surface area contributed by atoms with Crippen LogP contribution in [0.15, 0.2) is 115 Å². The Labute approximate surface area is 214 Å². The molecule has 6 aromatic rings. The summed E-state index contributed by atoms with van der Waals surface area (Å²) in [5, 5.41) is 10.3. The maximum Gasteiger partial charge on any atom is 0.244 e. The summed E-state index contributed by atoms with van der Waals surface area (Å²) in [5.41, 5.74) is 10.4. The van der Waals surface area contributed by atoms with Crippen LogP contribution in [0.4, 0.5) is 5.95 Å². The monoisotopic (exact) mass is 481 g/mol. The Balaban J connectivity index is 1.37. The molecule has 0 unspecified atom stereocenters. The molecule has 0 aliphatic heterocycles. The van der Waals surface area contributed by atoms with E-state index in [1.807, 2.05) is 77.6 Å². The van der Waals surface area contributed by atoms with Gasteiger partial charge in [-0.15, -0.1) is 0 Å². The fraction of sp³-hybridized carbons (Fsp3) is 0.0333. The first-order chi connectivity index (χ1) is 18.2. The molecule has 0 amide bonds. The minimum Gasteiger partial charge on any atom is -0.264 e. The number of aromatic nitrogens is 5. The summed E-state index contributed by atoms with van der Waals surface area (Å²) in [6.07, 6.45) is 7.22. The average Bonchev–Trinajstić information content (AvgIpc) is 3.38. The van der Waals surface area contributed by atoms with Crippen LogP contribution in [0, 0.1) is 6.92 Å². The molecule has 0 fully saturated rings. The number of aryl methyl sites for hydroxylation is 1. The van der Waals surface area contributed by atoms with Crippen LogP contribution in [-0.4, -0.2) is 30.9 Å². The number of rotatable bonds is 6. The van der Waals surface area contributed by atoms with E-state index in [9.17, 15) is 0 Å². The van der Waals surface area contributed by atoms with E-state index in [4.69, 9.17) is 15.1 Å². The summed E-state index contributed by atoms with van der Waals surface area (Å²) in [5.74, 6) is 0.421. The lowest BCUT2D eigenvalue weighted by atomic mass is 10.0. The number of hydrogen-bond acceptors (Lipinski definition) is 6. The summed E-state index contributed by atoms with van der Waals surface area (Å²) in [4.78, 5) is 13.8. The molecule has 7 heteroatoms. The highest BCUT2D eigenvalue weighted by Gasteiger charge is 2.12. The molecule has 0 aliphatic carbocycles. The first kappa shape index (κ1) is 22.3. The molecule has 0 saturated heterocycles. The predicted octanol–water partition coefficient (Wildman–Crippen LogP) is 6.30. The van der Waals surface area contributed by atoms with E-state index in [0.717, 1.165) is 50.2 Å². The number of para-hydroxylation sites is 1.